The first-order valence-corrected chi connectivity index (χ1v) is 7.75. The lowest BCUT2D eigenvalue weighted by Crippen LogP contribution is -2.52. The van der Waals surface area contributed by atoms with Crippen LogP contribution in [0.4, 0.5) is 4.39 Å². The van der Waals surface area contributed by atoms with E-state index in [1.165, 1.54) is 24.8 Å². The summed E-state index contributed by atoms with van der Waals surface area (Å²) in [7, 11) is 1.85. The Balaban J connectivity index is 1.95. The zero-order valence-corrected chi connectivity index (χ0v) is 12.2. The Morgan fingerprint density at radius 2 is 2.00 bits per heavy atom. The fourth-order valence-corrected chi connectivity index (χ4v) is 4.36. The Kier molecular flexibility index (Phi) is 4.08. The minimum atomic E-state index is -0.154. The van der Waals surface area contributed by atoms with E-state index >= 15 is 0 Å². The lowest BCUT2D eigenvalue weighted by Gasteiger charge is -2.51. The van der Waals surface area contributed by atoms with E-state index in [1.54, 1.807) is 12.1 Å². The highest BCUT2D eigenvalue weighted by Crippen LogP contribution is 2.51. The Morgan fingerprint density at radius 1 is 1.20 bits per heavy atom. The molecule has 1 aromatic carbocycles. The molecule has 2 nitrogen and oxygen atoms in total. The molecule has 1 spiro atoms. The summed E-state index contributed by atoms with van der Waals surface area (Å²) in [6.45, 7) is 2.04. The standard InChI is InChI=1S/C17H24FNO/c1-20-16-4-2-3-9-17(16)10-11-19-12-15(17)13-5-7-14(18)8-6-13/h5-8,15-16,19H,2-4,9-12H2,1H3. The van der Waals surface area contributed by atoms with Crippen molar-refractivity contribution in [3.05, 3.63) is 35.6 Å². The molecule has 2 fully saturated rings. The predicted molar refractivity (Wildman–Crippen MR) is 78.3 cm³/mol. The van der Waals surface area contributed by atoms with Gasteiger partial charge in [0.2, 0.25) is 0 Å². The molecule has 20 heavy (non-hydrogen) atoms. The zero-order valence-electron chi connectivity index (χ0n) is 12.2. The average molecular weight is 277 g/mol. The third-order valence-corrected chi connectivity index (χ3v) is 5.37. The van der Waals surface area contributed by atoms with Crippen LogP contribution >= 0.6 is 0 Å². The smallest absolute Gasteiger partial charge is 0.123 e. The monoisotopic (exact) mass is 277 g/mol. The number of methoxy groups -OCH3 is 1. The van der Waals surface area contributed by atoms with E-state index in [0.29, 0.717) is 12.0 Å². The molecule has 3 rings (SSSR count). The molecular formula is C17H24FNO. The maximum Gasteiger partial charge on any atom is 0.123 e. The van der Waals surface area contributed by atoms with E-state index in [1.807, 2.05) is 19.2 Å². The molecule has 1 saturated carbocycles. The van der Waals surface area contributed by atoms with Crippen molar-refractivity contribution < 1.29 is 9.13 Å². The average Bonchev–Trinajstić information content (AvgIpc) is 2.49. The molecule has 110 valence electrons. The lowest BCUT2D eigenvalue weighted by atomic mass is 9.59. The fourth-order valence-electron chi connectivity index (χ4n) is 4.36. The van der Waals surface area contributed by atoms with E-state index in [9.17, 15) is 4.39 Å². The van der Waals surface area contributed by atoms with E-state index in [2.05, 4.69) is 5.32 Å². The molecule has 0 bridgehead atoms. The third-order valence-electron chi connectivity index (χ3n) is 5.37. The summed E-state index contributed by atoms with van der Waals surface area (Å²) >= 11 is 0. The van der Waals surface area contributed by atoms with Crippen LogP contribution in [0.25, 0.3) is 0 Å². The van der Waals surface area contributed by atoms with Gasteiger partial charge in [0.25, 0.3) is 0 Å². The summed E-state index contributed by atoms with van der Waals surface area (Å²) in [6, 6.07) is 7.08. The highest BCUT2D eigenvalue weighted by Gasteiger charge is 2.48. The van der Waals surface area contributed by atoms with Crippen molar-refractivity contribution >= 4 is 0 Å². The highest BCUT2D eigenvalue weighted by molar-refractivity contribution is 5.25. The number of hydrogen-bond acceptors (Lipinski definition) is 2. The second-order valence-electron chi connectivity index (χ2n) is 6.26. The van der Waals surface area contributed by atoms with Crippen LogP contribution in [0.2, 0.25) is 0 Å². The molecule has 3 atom stereocenters. The summed E-state index contributed by atoms with van der Waals surface area (Å²) in [4.78, 5) is 0. The van der Waals surface area contributed by atoms with Gasteiger partial charge >= 0.3 is 0 Å². The van der Waals surface area contributed by atoms with Gasteiger partial charge in [-0.05, 0) is 43.5 Å². The van der Waals surface area contributed by atoms with Crippen molar-refractivity contribution in [2.75, 3.05) is 20.2 Å². The number of hydrogen-bond donors (Lipinski definition) is 1. The van der Waals surface area contributed by atoms with Crippen molar-refractivity contribution in [1.29, 1.82) is 0 Å². The van der Waals surface area contributed by atoms with Crippen molar-refractivity contribution in [3.8, 4) is 0 Å². The van der Waals surface area contributed by atoms with Crippen LogP contribution in [0, 0.1) is 11.2 Å². The van der Waals surface area contributed by atoms with Gasteiger partial charge in [0.1, 0.15) is 5.82 Å². The van der Waals surface area contributed by atoms with Gasteiger partial charge in [-0.25, -0.2) is 4.39 Å². The van der Waals surface area contributed by atoms with E-state index < -0.39 is 0 Å². The molecule has 2 aliphatic rings. The van der Waals surface area contributed by atoms with Crippen molar-refractivity contribution in [3.63, 3.8) is 0 Å². The molecule has 1 aliphatic carbocycles. The van der Waals surface area contributed by atoms with Gasteiger partial charge < -0.3 is 10.1 Å². The summed E-state index contributed by atoms with van der Waals surface area (Å²) in [6.07, 6.45) is 6.45. The predicted octanol–water partition coefficient (Wildman–Crippen LogP) is 3.48. The molecule has 1 heterocycles. The number of benzene rings is 1. The molecule has 0 aromatic heterocycles. The van der Waals surface area contributed by atoms with Gasteiger partial charge in [-0.1, -0.05) is 25.0 Å². The molecule has 1 aliphatic heterocycles. The summed E-state index contributed by atoms with van der Waals surface area (Å²) in [5.74, 6) is 0.278. The van der Waals surface area contributed by atoms with E-state index in [4.69, 9.17) is 4.74 Å². The normalized spacial score (nSPS) is 34.3. The summed E-state index contributed by atoms with van der Waals surface area (Å²) < 4.78 is 19.0. The van der Waals surface area contributed by atoms with Crippen LogP contribution in [-0.2, 0) is 4.74 Å². The van der Waals surface area contributed by atoms with Gasteiger partial charge in [-0.3, -0.25) is 0 Å². The minimum Gasteiger partial charge on any atom is -0.381 e. The van der Waals surface area contributed by atoms with Crippen molar-refractivity contribution in [2.24, 2.45) is 5.41 Å². The van der Waals surface area contributed by atoms with E-state index in [0.717, 1.165) is 25.9 Å². The van der Waals surface area contributed by atoms with Crippen LogP contribution in [0.15, 0.2) is 24.3 Å². The fraction of sp³-hybridized carbons (Fsp3) is 0.647. The molecule has 1 aromatic rings. The molecule has 0 amide bonds. The summed E-state index contributed by atoms with van der Waals surface area (Å²) in [5, 5.41) is 3.51. The first-order valence-electron chi connectivity index (χ1n) is 7.75. The first-order chi connectivity index (χ1) is 9.76. The van der Waals surface area contributed by atoms with Gasteiger partial charge in [0.05, 0.1) is 6.10 Å². The maximum atomic E-state index is 13.2. The number of ether oxygens (including phenoxy) is 1. The number of piperidine rings is 1. The molecule has 1 N–H and O–H groups in total. The van der Waals surface area contributed by atoms with Crippen molar-refractivity contribution in [1.82, 2.24) is 5.32 Å². The maximum absolute atomic E-state index is 13.2. The number of halogens is 1. The van der Waals surface area contributed by atoms with E-state index in [-0.39, 0.29) is 11.2 Å². The second-order valence-corrected chi connectivity index (χ2v) is 6.26. The second kappa shape index (κ2) is 5.82. The van der Waals surface area contributed by atoms with Gasteiger partial charge in [-0.15, -0.1) is 0 Å². The largest absolute Gasteiger partial charge is 0.381 e. The molecule has 0 radical (unpaired) electrons. The topological polar surface area (TPSA) is 21.3 Å². The van der Waals surface area contributed by atoms with Gasteiger partial charge in [0.15, 0.2) is 0 Å². The lowest BCUT2D eigenvalue weighted by molar-refractivity contribution is -0.0717. The molecular weight excluding hydrogens is 253 g/mol. The molecule has 1 saturated heterocycles. The first kappa shape index (κ1) is 14.0. The Bertz CT molecular complexity index is 441. The van der Waals surface area contributed by atoms with Crippen LogP contribution in [0.3, 0.4) is 0 Å². The Morgan fingerprint density at radius 3 is 2.75 bits per heavy atom. The third kappa shape index (κ3) is 2.38. The molecule has 3 heteroatoms. The van der Waals surface area contributed by atoms with Gasteiger partial charge in [-0.2, -0.15) is 0 Å². The number of nitrogens with one attached hydrogen (secondary N) is 1. The number of rotatable bonds is 2. The van der Waals surface area contributed by atoms with Crippen LogP contribution in [-0.4, -0.2) is 26.3 Å². The summed E-state index contributed by atoms with van der Waals surface area (Å²) in [5.41, 5.74) is 1.48. The van der Waals surface area contributed by atoms with Crippen molar-refractivity contribution in [2.45, 2.75) is 44.1 Å². The van der Waals surface area contributed by atoms with Gasteiger partial charge in [0, 0.05) is 25.0 Å². The SMILES string of the molecule is COC1CCCCC12CCNCC2c1ccc(F)cc1. The van der Waals surface area contributed by atoms with Crippen LogP contribution in [0.1, 0.15) is 43.6 Å². The Hall–Kier alpha value is -0.930. The quantitative estimate of drug-likeness (QED) is 0.893. The molecule has 3 unspecified atom stereocenters. The van der Waals surface area contributed by atoms with Crippen LogP contribution in [0.5, 0.6) is 0 Å². The Labute approximate surface area is 120 Å². The highest BCUT2D eigenvalue weighted by atomic mass is 19.1. The zero-order chi connectivity index (χ0) is 14.0. The minimum absolute atomic E-state index is 0.154. The van der Waals surface area contributed by atoms with Crippen LogP contribution < -0.4 is 5.32 Å².